The lowest BCUT2D eigenvalue weighted by molar-refractivity contribution is -0.118. The maximum absolute atomic E-state index is 12.9. The summed E-state index contributed by atoms with van der Waals surface area (Å²) in [6.07, 6.45) is 0. The van der Waals surface area contributed by atoms with Gasteiger partial charge >= 0.3 is 0 Å². The van der Waals surface area contributed by atoms with Crippen molar-refractivity contribution in [2.75, 3.05) is 12.4 Å². The Morgan fingerprint density at radius 1 is 1.10 bits per heavy atom. The summed E-state index contributed by atoms with van der Waals surface area (Å²) in [5.74, 6) is 0.534. The summed E-state index contributed by atoms with van der Waals surface area (Å²) in [6.45, 7) is 5.54. The highest BCUT2D eigenvalue weighted by atomic mass is 16.5. The smallest absolute Gasteiger partial charge is 0.251 e. The van der Waals surface area contributed by atoms with Crippen molar-refractivity contribution in [3.63, 3.8) is 0 Å². The number of amides is 2. The van der Waals surface area contributed by atoms with Gasteiger partial charge in [-0.25, -0.2) is 0 Å². The highest BCUT2D eigenvalue weighted by Crippen LogP contribution is 2.16. The Balaban J connectivity index is 1.73. The lowest BCUT2D eigenvalue weighted by Crippen LogP contribution is -2.47. The summed E-state index contributed by atoms with van der Waals surface area (Å²) >= 11 is 0. The number of benzene rings is 2. The number of ether oxygens (including phenoxy) is 1. The van der Waals surface area contributed by atoms with Crippen LogP contribution in [0.15, 0.2) is 48.5 Å². The molecule has 0 radical (unpaired) electrons. The summed E-state index contributed by atoms with van der Waals surface area (Å²) in [5.41, 5.74) is 1.75. The van der Waals surface area contributed by atoms with Gasteiger partial charge in [0, 0.05) is 11.3 Å². The number of anilines is 1. The number of hydrogen-bond donors (Lipinski definition) is 2. The monoisotopic (exact) mass is 408 g/mol. The maximum atomic E-state index is 12.9. The molecule has 9 heteroatoms. The van der Waals surface area contributed by atoms with E-state index < -0.39 is 6.04 Å². The highest BCUT2D eigenvalue weighted by Gasteiger charge is 2.25. The molecule has 3 rings (SSSR count). The van der Waals surface area contributed by atoms with Gasteiger partial charge in [0.15, 0.2) is 5.82 Å². The van der Waals surface area contributed by atoms with Crippen molar-refractivity contribution in [3.8, 4) is 11.4 Å². The lowest BCUT2D eigenvalue weighted by atomic mass is 10.0. The van der Waals surface area contributed by atoms with Crippen molar-refractivity contribution in [1.29, 1.82) is 0 Å². The van der Waals surface area contributed by atoms with E-state index in [9.17, 15) is 9.59 Å². The van der Waals surface area contributed by atoms with Crippen LogP contribution in [0.4, 0.5) is 5.69 Å². The molecule has 1 aromatic heterocycles. The van der Waals surface area contributed by atoms with Crippen molar-refractivity contribution >= 4 is 17.5 Å². The van der Waals surface area contributed by atoms with E-state index in [1.165, 1.54) is 0 Å². The zero-order chi connectivity index (χ0) is 21.7. The number of aryl methyl sites for hydroxylation is 1. The fourth-order valence-corrected chi connectivity index (χ4v) is 2.91. The van der Waals surface area contributed by atoms with E-state index in [-0.39, 0.29) is 17.7 Å². The predicted octanol–water partition coefficient (Wildman–Crippen LogP) is 2.37. The zero-order valence-corrected chi connectivity index (χ0v) is 17.3. The van der Waals surface area contributed by atoms with Gasteiger partial charge in [-0.3, -0.25) is 9.59 Å². The van der Waals surface area contributed by atoms with E-state index >= 15 is 0 Å². The Labute approximate surface area is 174 Å². The van der Waals surface area contributed by atoms with Gasteiger partial charge in [-0.15, -0.1) is 5.10 Å². The van der Waals surface area contributed by atoms with E-state index in [2.05, 4.69) is 26.2 Å². The molecule has 30 heavy (non-hydrogen) atoms. The van der Waals surface area contributed by atoms with Crippen molar-refractivity contribution in [2.45, 2.75) is 26.8 Å². The number of methoxy groups -OCH3 is 1. The molecule has 1 heterocycles. The van der Waals surface area contributed by atoms with E-state index in [1.807, 2.05) is 19.9 Å². The molecule has 1 unspecified atom stereocenters. The summed E-state index contributed by atoms with van der Waals surface area (Å²) in [5, 5.41) is 17.1. The van der Waals surface area contributed by atoms with Gasteiger partial charge in [0.1, 0.15) is 11.8 Å². The molecule has 0 aliphatic rings. The molecule has 0 spiro atoms. The van der Waals surface area contributed by atoms with E-state index in [0.717, 1.165) is 5.69 Å². The number of hydrogen-bond acceptors (Lipinski definition) is 6. The Bertz CT molecular complexity index is 1030. The standard InChI is InChI=1S/C21H24N6O3/c1-13(2)19(23-20(28)15-8-10-18(30-4)11-9-15)21(29)22-16-6-5-7-17(12-16)27-14(3)24-25-26-27/h5-13,19H,1-4H3,(H,22,29)(H,23,28). The van der Waals surface area contributed by atoms with Crippen LogP contribution in [0.1, 0.15) is 30.0 Å². The van der Waals surface area contributed by atoms with Crippen LogP contribution in [-0.4, -0.2) is 45.2 Å². The van der Waals surface area contributed by atoms with Crippen LogP contribution in [0.25, 0.3) is 5.69 Å². The first kappa shape index (κ1) is 21.0. The predicted molar refractivity (Wildman–Crippen MR) is 112 cm³/mol. The highest BCUT2D eigenvalue weighted by molar-refractivity contribution is 6.01. The fourth-order valence-electron chi connectivity index (χ4n) is 2.91. The first-order chi connectivity index (χ1) is 14.4. The maximum Gasteiger partial charge on any atom is 0.251 e. The molecule has 0 fully saturated rings. The van der Waals surface area contributed by atoms with Gasteiger partial charge in [0.05, 0.1) is 12.8 Å². The SMILES string of the molecule is COc1ccc(C(=O)NC(C(=O)Nc2cccc(-n3nnnc3C)c2)C(C)C)cc1. The molecule has 2 aromatic carbocycles. The van der Waals surface area contributed by atoms with Crippen molar-refractivity contribution < 1.29 is 14.3 Å². The summed E-state index contributed by atoms with van der Waals surface area (Å²) in [7, 11) is 1.56. The Morgan fingerprint density at radius 3 is 2.43 bits per heavy atom. The average molecular weight is 408 g/mol. The number of rotatable bonds is 7. The number of carbonyl (C=O) groups is 2. The van der Waals surface area contributed by atoms with E-state index in [4.69, 9.17) is 4.74 Å². The molecular formula is C21H24N6O3. The third kappa shape index (κ3) is 4.80. The Hall–Kier alpha value is -3.75. The molecule has 3 aromatic rings. The van der Waals surface area contributed by atoms with Crippen LogP contribution in [0, 0.1) is 12.8 Å². The van der Waals surface area contributed by atoms with E-state index in [1.54, 1.807) is 61.2 Å². The molecule has 0 aliphatic carbocycles. The second-order valence-corrected chi connectivity index (χ2v) is 7.10. The van der Waals surface area contributed by atoms with Crippen LogP contribution in [0.5, 0.6) is 5.75 Å². The molecule has 2 amide bonds. The average Bonchev–Trinajstić information content (AvgIpc) is 3.17. The second-order valence-electron chi connectivity index (χ2n) is 7.10. The largest absolute Gasteiger partial charge is 0.497 e. The number of carbonyl (C=O) groups excluding carboxylic acids is 2. The van der Waals surface area contributed by atoms with Crippen LogP contribution >= 0.6 is 0 Å². The topological polar surface area (TPSA) is 111 Å². The lowest BCUT2D eigenvalue weighted by Gasteiger charge is -2.22. The molecule has 9 nitrogen and oxygen atoms in total. The van der Waals surface area contributed by atoms with Gasteiger partial charge in [-0.2, -0.15) is 4.68 Å². The number of nitrogens with one attached hydrogen (secondary N) is 2. The molecule has 0 bridgehead atoms. The third-order valence-electron chi connectivity index (χ3n) is 4.57. The van der Waals surface area contributed by atoms with Gasteiger partial charge in [-0.1, -0.05) is 19.9 Å². The van der Waals surface area contributed by atoms with Gasteiger partial charge in [-0.05, 0) is 65.7 Å². The zero-order valence-electron chi connectivity index (χ0n) is 17.3. The van der Waals surface area contributed by atoms with Gasteiger partial charge < -0.3 is 15.4 Å². The van der Waals surface area contributed by atoms with Crippen LogP contribution in [0.3, 0.4) is 0 Å². The van der Waals surface area contributed by atoms with Gasteiger partial charge in [0.2, 0.25) is 5.91 Å². The minimum Gasteiger partial charge on any atom is -0.497 e. The number of tetrazole rings is 1. The fraction of sp³-hybridized carbons (Fsp3) is 0.286. The minimum atomic E-state index is -0.710. The molecule has 2 N–H and O–H groups in total. The van der Waals surface area contributed by atoms with Crippen molar-refractivity contribution in [3.05, 3.63) is 59.9 Å². The van der Waals surface area contributed by atoms with Crippen molar-refractivity contribution in [2.24, 2.45) is 5.92 Å². The molecule has 156 valence electrons. The van der Waals surface area contributed by atoms with Crippen LogP contribution < -0.4 is 15.4 Å². The molecule has 0 aliphatic heterocycles. The first-order valence-corrected chi connectivity index (χ1v) is 9.50. The summed E-state index contributed by atoms with van der Waals surface area (Å²) in [6, 6.07) is 13.2. The molecule has 0 saturated heterocycles. The molecule has 0 saturated carbocycles. The minimum absolute atomic E-state index is 0.114. The summed E-state index contributed by atoms with van der Waals surface area (Å²) < 4.78 is 6.68. The first-order valence-electron chi connectivity index (χ1n) is 9.50. The van der Waals surface area contributed by atoms with Crippen LogP contribution in [-0.2, 0) is 4.79 Å². The van der Waals surface area contributed by atoms with E-state index in [0.29, 0.717) is 22.8 Å². The van der Waals surface area contributed by atoms with Crippen molar-refractivity contribution in [1.82, 2.24) is 25.5 Å². The molecule has 1 atom stereocenters. The molecular weight excluding hydrogens is 384 g/mol. The number of aromatic nitrogens is 4. The second kappa shape index (κ2) is 9.17. The quantitative estimate of drug-likeness (QED) is 0.621. The third-order valence-corrected chi connectivity index (χ3v) is 4.57. The summed E-state index contributed by atoms with van der Waals surface area (Å²) in [4.78, 5) is 25.5. The normalized spacial score (nSPS) is 11.8. The van der Waals surface area contributed by atoms with Crippen LogP contribution in [0.2, 0.25) is 0 Å². The Morgan fingerprint density at radius 2 is 1.83 bits per heavy atom. The Kier molecular flexibility index (Phi) is 6.41. The number of nitrogens with zero attached hydrogens (tertiary/aromatic N) is 4. The van der Waals surface area contributed by atoms with Gasteiger partial charge in [0.25, 0.3) is 5.91 Å².